The zero-order valence-corrected chi connectivity index (χ0v) is 11.3. The molecule has 2 rings (SSSR count). The molecule has 1 N–H and O–H groups in total. The molecule has 6 heteroatoms. The zero-order chi connectivity index (χ0) is 12.3. The first-order valence-corrected chi connectivity index (χ1v) is 7.37. The number of aliphatic hydroxyl groups excluding tert-OH is 1. The first-order valence-electron chi connectivity index (χ1n) is 5.72. The number of rotatable bonds is 4. The number of benzene rings is 1. The summed E-state index contributed by atoms with van der Waals surface area (Å²) in [5.41, 5.74) is 0. The van der Waals surface area contributed by atoms with Gasteiger partial charge in [-0.3, -0.25) is 0 Å². The fourth-order valence-electron chi connectivity index (χ4n) is 2.02. The van der Waals surface area contributed by atoms with Crippen molar-refractivity contribution in [2.45, 2.75) is 29.9 Å². The van der Waals surface area contributed by atoms with Crippen LogP contribution >= 0.6 is 0 Å². The van der Waals surface area contributed by atoms with E-state index >= 15 is 0 Å². The van der Waals surface area contributed by atoms with Gasteiger partial charge in [0.25, 0.3) is 0 Å². The molecular weight excluding hydrogens is 245 g/mol. The number of hydrogen-bond donors (Lipinski definition) is 1. The van der Waals surface area contributed by atoms with Gasteiger partial charge in [0.05, 0.1) is 16.8 Å². The topological polar surface area (TPSA) is 68.5 Å². The van der Waals surface area contributed by atoms with Gasteiger partial charge in [-0.15, -0.1) is 12.6 Å². The number of aliphatic hydroxyl groups is 1. The molecule has 0 radical (unpaired) electrons. The molecule has 0 amide bonds. The Morgan fingerprint density at radius 3 is 2.56 bits per heavy atom. The van der Waals surface area contributed by atoms with Crippen LogP contribution in [0.15, 0.2) is 35.2 Å². The summed E-state index contributed by atoms with van der Waals surface area (Å²) in [7, 11) is -3.41. The van der Waals surface area contributed by atoms with Gasteiger partial charge < -0.3 is 10.4 Å². The Labute approximate surface area is 120 Å². The van der Waals surface area contributed by atoms with Gasteiger partial charge in [-0.2, -0.15) is 0 Å². The van der Waals surface area contributed by atoms with Gasteiger partial charge >= 0.3 is 18.9 Å². The van der Waals surface area contributed by atoms with Crippen LogP contribution in [0.4, 0.5) is 0 Å². The Bertz CT molecular complexity index is 457. The first-order chi connectivity index (χ1) is 8.09. The SMILES string of the molecule is O=S(=O)(C[C@H](O)[C@H]1CCC[N-]1)c1ccccc1.[Li+]. The number of hydrogen-bond acceptors (Lipinski definition) is 3. The Hall–Kier alpha value is -0.313. The maximum atomic E-state index is 12.0. The predicted octanol–water partition coefficient (Wildman–Crippen LogP) is -1.64. The standard InChI is InChI=1S/C12H16NO3S.Li/c14-12(11-7-4-8-13-11)9-17(15,16)10-5-2-1-3-6-10;/h1-3,5-6,11-12,14H,4,7-9H2;/q-1;+1/t11-,12+;/m1./s1. The van der Waals surface area contributed by atoms with Crippen LogP contribution < -0.4 is 18.9 Å². The molecule has 2 atom stereocenters. The summed E-state index contributed by atoms with van der Waals surface area (Å²) >= 11 is 0. The molecule has 0 bridgehead atoms. The van der Waals surface area contributed by atoms with Crippen LogP contribution in [-0.4, -0.2) is 38.0 Å². The molecule has 1 aromatic rings. The first kappa shape index (κ1) is 15.7. The van der Waals surface area contributed by atoms with E-state index in [4.69, 9.17) is 0 Å². The fourth-order valence-corrected chi connectivity index (χ4v) is 3.46. The summed E-state index contributed by atoms with van der Waals surface area (Å²) in [6.07, 6.45) is 0.834. The third kappa shape index (κ3) is 3.84. The summed E-state index contributed by atoms with van der Waals surface area (Å²) in [5.74, 6) is -0.245. The van der Waals surface area contributed by atoms with E-state index < -0.39 is 15.9 Å². The third-order valence-electron chi connectivity index (χ3n) is 2.96. The molecular formula is C12H16LiNO3S. The van der Waals surface area contributed by atoms with E-state index in [1.807, 2.05) is 0 Å². The van der Waals surface area contributed by atoms with Crippen molar-refractivity contribution in [2.24, 2.45) is 0 Å². The van der Waals surface area contributed by atoms with Crippen molar-refractivity contribution in [3.8, 4) is 0 Å². The summed E-state index contributed by atoms with van der Waals surface area (Å²) in [6, 6.07) is 8.01. The third-order valence-corrected chi connectivity index (χ3v) is 4.73. The van der Waals surface area contributed by atoms with Gasteiger partial charge in [0.15, 0.2) is 9.84 Å². The van der Waals surface area contributed by atoms with Gasteiger partial charge in [0, 0.05) is 0 Å². The quantitative estimate of drug-likeness (QED) is 0.661. The monoisotopic (exact) mass is 261 g/mol. The molecule has 1 fully saturated rings. The zero-order valence-electron chi connectivity index (χ0n) is 10.5. The fraction of sp³-hybridized carbons (Fsp3) is 0.500. The second kappa shape index (κ2) is 6.74. The second-order valence-corrected chi connectivity index (χ2v) is 6.31. The summed E-state index contributed by atoms with van der Waals surface area (Å²) in [4.78, 5) is 0.261. The molecule has 0 spiro atoms. The second-order valence-electron chi connectivity index (χ2n) is 4.28. The predicted molar refractivity (Wildman–Crippen MR) is 65.7 cm³/mol. The van der Waals surface area contributed by atoms with Crippen molar-refractivity contribution in [1.29, 1.82) is 0 Å². The van der Waals surface area contributed by atoms with E-state index in [9.17, 15) is 13.5 Å². The van der Waals surface area contributed by atoms with Gasteiger partial charge in [-0.1, -0.05) is 31.0 Å². The number of sulfone groups is 1. The van der Waals surface area contributed by atoms with Gasteiger partial charge in [0.2, 0.25) is 0 Å². The van der Waals surface area contributed by atoms with E-state index in [-0.39, 0.29) is 35.6 Å². The molecule has 1 heterocycles. The molecule has 0 aliphatic carbocycles. The van der Waals surface area contributed by atoms with E-state index in [0.717, 1.165) is 19.4 Å². The molecule has 4 nitrogen and oxygen atoms in total. The molecule has 1 saturated heterocycles. The van der Waals surface area contributed by atoms with Crippen LogP contribution in [0.25, 0.3) is 5.32 Å². The number of nitrogens with zero attached hydrogens (tertiary/aromatic N) is 1. The van der Waals surface area contributed by atoms with Gasteiger partial charge in [0.1, 0.15) is 0 Å². The molecule has 0 aromatic heterocycles. The van der Waals surface area contributed by atoms with Crippen molar-refractivity contribution in [1.82, 2.24) is 0 Å². The summed E-state index contributed by atoms with van der Waals surface area (Å²) < 4.78 is 24.0. The minimum absolute atomic E-state index is 0. The Morgan fingerprint density at radius 1 is 1.33 bits per heavy atom. The maximum absolute atomic E-state index is 12.0. The van der Waals surface area contributed by atoms with Crippen LogP contribution in [0, 0.1) is 0 Å². The van der Waals surface area contributed by atoms with Gasteiger partial charge in [-0.25, -0.2) is 8.42 Å². The van der Waals surface area contributed by atoms with Crippen LogP contribution in [0.2, 0.25) is 0 Å². The van der Waals surface area contributed by atoms with Crippen LogP contribution in [0.3, 0.4) is 0 Å². The molecule has 1 aliphatic rings. The van der Waals surface area contributed by atoms with Crippen LogP contribution in [0.5, 0.6) is 0 Å². The molecule has 0 unspecified atom stereocenters. The van der Waals surface area contributed by atoms with Crippen LogP contribution in [-0.2, 0) is 9.84 Å². The Kier molecular flexibility index (Phi) is 5.89. The minimum Gasteiger partial charge on any atom is -0.657 e. The molecule has 1 aromatic carbocycles. The normalized spacial score (nSPS) is 21.3. The van der Waals surface area contributed by atoms with Crippen LogP contribution in [0.1, 0.15) is 12.8 Å². The Morgan fingerprint density at radius 2 is 2.00 bits per heavy atom. The van der Waals surface area contributed by atoms with E-state index in [1.165, 1.54) is 0 Å². The van der Waals surface area contributed by atoms with E-state index in [2.05, 4.69) is 5.32 Å². The van der Waals surface area contributed by atoms with Crippen molar-refractivity contribution in [3.05, 3.63) is 35.6 Å². The minimum atomic E-state index is -3.41. The average molecular weight is 261 g/mol. The van der Waals surface area contributed by atoms with Crippen molar-refractivity contribution in [2.75, 3.05) is 12.3 Å². The molecule has 94 valence electrons. The van der Waals surface area contributed by atoms with Gasteiger partial charge in [-0.05, 0) is 12.1 Å². The Balaban J connectivity index is 0.00000162. The van der Waals surface area contributed by atoms with E-state index in [0.29, 0.717) is 0 Å². The summed E-state index contributed by atoms with van der Waals surface area (Å²) in [6.45, 7) is 0.729. The van der Waals surface area contributed by atoms with Crippen molar-refractivity contribution in [3.63, 3.8) is 0 Å². The molecule has 1 aliphatic heterocycles. The van der Waals surface area contributed by atoms with Crippen molar-refractivity contribution < 1.29 is 32.4 Å². The van der Waals surface area contributed by atoms with Crippen molar-refractivity contribution >= 4 is 9.84 Å². The average Bonchev–Trinajstić information content (AvgIpc) is 2.83. The largest absolute Gasteiger partial charge is 1.00 e. The smallest absolute Gasteiger partial charge is 0.657 e. The maximum Gasteiger partial charge on any atom is 1.00 e. The summed E-state index contributed by atoms with van der Waals surface area (Å²) in [5, 5.41) is 14.1. The van der Waals surface area contributed by atoms with E-state index in [1.54, 1.807) is 30.3 Å². The molecule has 18 heavy (non-hydrogen) atoms. The molecule has 0 saturated carbocycles.